The molecule has 0 amide bonds. The van der Waals surface area contributed by atoms with Crippen molar-refractivity contribution < 1.29 is 28.8 Å². The van der Waals surface area contributed by atoms with Gasteiger partial charge in [-0.15, -0.1) is 57.7 Å². The second kappa shape index (κ2) is 14.6. The summed E-state index contributed by atoms with van der Waals surface area (Å²) in [4.78, 5) is 16.1. The second-order valence-corrected chi connectivity index (χ2v) is 12.5. The van der Waals surface area contributed by atoms with E-state index in [4.69, 9.17) is 65.4 Å². The molecule has 12 heteroatoms. The first-order valence-corrected chi connectivity index (χ1v) is 15.0. The molecular weight excluding hydrogens is 584 g/mol. The van der Waals surface area contributed by atoms with E-state index < -0.39 is 40.5 Å². The number of thiazole rings is 1. The van der Waals surface area contributed by atoms with Crippen LogP contribution in [0.5, 0.6) is 0 Å². The van der Waals surface area contributed by atoms with Crippen molar-refractivity contribution in [3.63, 3.8) is 0 Å². The minimum Gasteiger partial charge on any atom is -0.386 e. The van der Waals surface area contributed by atoms with Gasteiger partial charge in [0.1, 0.15) is 41.9 Å². The average Bonchev–Trinajstić information content (AvgIpc) is 3.53. The van der Waals surface area contributed by atoms with Gasteiger partial charge in [-0.1, -0.05) is 26.0 Å². The van der Waals surface area contributed by atoms with E-state index in [1.165, 1.54) is 18.3 Å². The van der Waals surface area contributed by atoms with E-state index in [2.05, 4.69) is 4.98 Å². The van der Waals surface area contributed by atoms with Crippen LogP contribution < -0.4 is 0 Å². The first kappa shape index (κ1) is 31.5. The highest BCUT2D eigenvalue weighted by Crippen LogP contribution is 2.40. The first-order chi connectivity index (χ1) is 17.6. The largest absolute Gasteiger partial charge is 0.386 e. The monoisotopic (exact) mass is 617 g/mol. The fourth-order valence-electron chi connectivity index (χ4n) is 4.36. The van der Waals surface area contributed by atoms with Gasteiger partial charge in [0, 0.05) is 30.7 Å². The molecule has 210 valence electrons. The highest BCUT2D eigenvalue weighted by Gasteiger charge is 2.51. The fraction of sp³-hybridized carbons (Fsp3) is 0.760. The number of aromatic nitrogens is 1. The molecule has 0 aliphatic carbocycles. The Morgan fingerprint density at radius 1 is 1.27 bits per heavy atom. The van der Waals surface area contributed by atoms with Crippen LogP contribution in [-0.4, -0.2) is 81.8 Å². The van der Waals surface area contributed by atoms with Gasteiger partial charge in [-0.25, -0.2) is 4.98 Å². The van der Waals surface area contributed by atoms with Crippen molar-refractivity contribution in [3.05, 3.63) is 28.2 Å². The number of epoxide rings is 1. The van der Waals surface area contributed by atoms with Crippen molar-refractivity contribution in [2.24, 2.45) is 5.92 Å². The number of methoxy groups -OCH3 is 1. The number of ether oxygens (including phenoxy) is 4. The highest BCUT2D eigenvalue weighted by atomic mass is 35.5. The van der Waals surface area contributed by atoms with Crippen LogP contribution in [0.15, 0.2) is 17.5 Å². The average molecular weight is 619 g/mol. The lowest BCUT2D eigenvalue weighted by Gasteiger charge is -2.40. The number of carbonyl (C=O) groups is 1. The Morgan fingerprint density at radius 2 is 2.00 bits per heavy atom. The molecule has 0 saturated carbocycles. The Morgan fingerprint density at radius 3 is 2.62 bits per heavy atom. The van der Waals surface area contributed by atoms with E-state index in [1.54, 1.807) is 18.6 Å². The van der Waals surface area contributed by atoms with Gasteiger partial charge in [-0.2, -0.15) is 0 Å². The molecule has 2 aliphatic rings. The normalized spacial score (nSPS) is 31.0. The molecule has 8 unspecified atom stereocenters. The predicted molar refractivity (Wildman–Crippen MR) is 148 cm³/mol. The third-order valence-corrected chi connectivity index (χ3v) is 10.0. The Balaban J connectivity index is 1.54. The van der Waals surface area contributed by atoms with Gasteiger partial charge < -0.3 is 24.1 Å². The molecule has 2 aliphatic heterocycles. The van der Waals surface area contributed by atoms with E-state index in [-0.39, 0.29) is 36.1 Å². The van der Waals surface area contributed by atoms with Crippen LogP contribution >= 0.6 is 57.7 Å². The van der Waals surface area contributed by atoms with Crippen LogP contribution in [0.3, 0.4) is 0 Å². The van der Waals surface area contributed by atoms with Crippen LogP contribution in [0.2, 0.25) is 0 Å². The molecule has 3 heterocycles. The maximum Gasteiger partial charge on any atom is 0.178 e. The van der Waals surface area contributed by atoms with Crippen molar-refractivity contribution in [1.82, 2.24) is 4.98 Å². The van der Waals surface area contributed by atoms with E-state index in [0.717, 1.165) is 6.42 Å². The van der Waals surface area contributed by atoms with Crippen molar-refractivity contribution in [2.75, 3.05) is 13.9 Å². The Hall–Kier alpha value is -0.000000000000000305. The summed E-state index contributed by atoms with van der Waals surface area (Å²) in [7, 11) is 1.59. The SMILES string of the molecule is CCC(Cl)C/C=C/C(O)[C@H]1O[C@@H]1C(Cl)C(Cl)C(Cl)CC1OCO[C@@H](C(OC)c2nc(C(C)=O)cs2)C1C. The zero-order valence-corrected chi connectivity index (χ0v) is 25.1. The van der Waals surface area contributed by atoms with Crippen LogP contribution in [0, 0.1) is 5.92 Å². The van der Waals surface area contributed by atoms with Gasteiger partial charge in [0.2, 0.25) is 0 Å². The zero-order valence-electron chi connectivity index (χ0n) is 21.3. The molecule has 11 atom stereocenters. The van der Waals surface area contributed by atoms with Gasteiger partial charge >= 0.3 is 0 Å². The lowest BCUT2D eigenvalue weighted by Crippen LogP contribution is -2.46. The molecule has 0 aromatic carbocycles. The molecular formula is C25H35Cl4NO6S. The van der Waals surface area contributed by atoms with E-state index >= 15 is 0 Å². The van der Waals surface area contributed by atoms with E-state index in [0.29, 0.717) is 23.5 Å². The number of nitrogens with zero attached hydrogens (tertiary/aromatic N) is 1. The van der Waals surface area contributed by atoms with Gasteiger partial charge in [-0.3, -0.25) is 4.79 Å². The van der Waals surface area contributed by atoms with Crippen LogP contribution in [0.4, 0.5) is 0 Å². The minimum atomic E-state index is -0.787. The maximum atomic E-state index is 11.7. The summed E-state index contributed by atoms with van der Waals surface area (Å²) in [6.45, 7) is 5.56. The number of aliphatic hydroxyl groups is 1. The number of allylic oxidation sites excluding steroid dienone is 1. The van der Waals surface area contributed by atoms with Crippen LogP contribution in [-0.2, 0) is 18.9 Å². The number of rotatable bonds is 14. The topological polar surface area (TPSA) is 90.4 Å². The summed E-state index contributed by atoms with van der Waals surface area (Å²) in [6, 6.07) is 0. The third kappa shape index (κ3) is 8.26. The molecule has 1 N–H and O–H groups in total. The molecule has 3 rings (SSSR count). The zero-order chi connectivity index (χ0) is 27.3. The number of alkyl halides is 4. The molecule has 1 aromatic heterocycles. The maximum absolute atomic E-state index is 11.7. The molecule has 37 heavy (non-hydrogen) atoms. The lowest BCUT2D eigenvalue weighted by molar-refractivity contribution is -0.233. The minimum absolute atomic E-state index is 0.0394. The van der Waals surface area contributed by atoms with Crippen molar-refractivity contribution in [2.45, 2.75) is 98.2 Å². The summed E-state index contributed by atoms with van der Waals surface area (Å²) in [5, 5.41) is 11.1. The second-order valence-electron chi connectivity index (χ2n) is 9.46. The summed E-state index contributed by atoms with van der Waals surface area (Å²) in [6.07, 6.45) is 2.82. The lowest BCUT2D eigenvalue weighted by atomic mass is 9.89. The summed E-state index contributed by atoms with van der Waals surface area (Å²) < 4.78 is 23.1. The van der Waals surface area contributed by atoms with Gasteiger partial charge in [0.05, 0.1) is 28.3 Å². The van der Waals surface area contributed by atoms with Crippen LogP contribution in [0.1, 0.15) is 61.6 Å². The molecule has 1 aromatic rings. The molecule has 0 spiro atoms. The van der Waals surface area contributed by atoms with Gasteiger partial charge in [0.25, 0.3) is 0 Å². The smallest absolute Gasteiger partial charge is 0.178 e. The van der Waals surface area contributed by atoms with Gasteiger partial charge in [-0.05, 0) is 19.3 Å². The number of halogens is 4. The number of hydrogen-bond acceptors (Lipinski definition) is 8. The first-order valence-electron chi connectivity index (χ1n) is 12.4. The van der Waals surface area contributed by atoms with E-state index in [1.807, 2.05) is 19.9 Å². The molecule has 2 fully saturated rings. The molecule has 0 bridgehead atoms. The quantitative estimate of drug-likeness (QED) is 0.123. The van der Waals surface area contributed by atoms with Crippen molar-refractivity contribution in [3.8, 4) is 0 Å². The third-order valence-electron chi connectivity index (χ3n) is 6.81. The standard InChI is InChI=1S/C25H35Cl4NO6S/c1-5-14(26)7-6-8-17(32)22-23(36-22)20(29)19(28)15(27)9-18-12(2)21(35-11-34-18)24(33-4)25-30-16(10-37-25)13(3)31/h6,8,10,12,14-15,17-24,32H,5,7,9,11H2,1-4H3/b8-6+/t12?,14?,15?,17?,18?,19?,20?,21-,22-,23-,24?/m1/s1. The summed E-state index contributed by atoms with van der Waals surface area (Å²) >= 11 is 27.5. The number of Topliss-reactive ketones (excluding diaryl/α,β-unsaturated/α-hetero) is 1. The number of carbonyl (C=O) groups excluding carboxylic acids is 1. The Kier molecular flexibility index (Phi) is 12.4. The van der Waals surface area contributed by atoms with Gasteiger partial charge in [0.15, 0.2) is 5.78 Å². The highest BCUT2D eigenvalue weighted by molar-refractivity contribution is 7.09. The Labute approximate surface area is 242 Å². The van der Waals surface area contributed by atoms with E-state index in [9.17, 15) is 9.90 Å². The van der Waals surface area contributed by atoms with Crippen molar-refractivity contribution >= 4 is 63.5 Å². The van der Waals surface area contributed by atoms with Crippen LogP contribution in [0.25, 0.3) is 0 Å². The Bertz CT molecular complexity index is 906. The molecule has 2 saturated heterocycles. The number of aliphatic hydroxyl groups excluding tert-OH is 1. The molecule has 7 nitrogen and oxygen atoms in total. The summed E-state index contributed by atoms with van der Waals surface area (Å²) in [5.41, 5.74) is 0.405. The molecule has 0 radical (unpaired) electrons. The number of hydrogen-bond donors (Lipinski definition) is 1. The fourth-order valence-corrected chi connectivity index (χ4v) is 6.46. The van der Waals surface area contributed by atoms with Crippen molar-refractivity contribution in [1.29, 1.82) is 0 Å². The predicted octanol–water partition coefficient (Wildman–Crippen LogP) is 5.72. The number of ketones is 1. The summed E-state index contributed by atoms with van der Waals surface area (Å²) in [5.74, 6) is -0.205.